The van der Waals surface area contributed by atoms with Gasteiger partial charge >= 0.3 is 0 Å². The molecule has 0 aliphatic heterocycles. The van der Waals surface area contributed by atoms with Gasteiger partial charge in [0, 0.05) is 19.2 Å². The Morgan fingerprint density at radius 1 is 1.82 bits per heavy atom. The van der Waals surface area contributed by atoms with Crippen LogP contribution in [-0.4, -0.2) is 16.3 Å². The fourth-order valence-electron chi connectivity index (χ4n) is 1.50. The normalized spacial score (nSPS) is 28.9. The lowest BCUT2D eigenvalue weighted by Gasteiger charge is -1.90. The molecule has 3 heteroatoms. The maximum atomic E-state index is 5.53. The van der Waals surface area contributed by atoms with E-state index in [4.69, 9.17) is 5.73 Å². The van der Waals surface area contributed by atoms with Gasteiger partial charge in [0.05, 0.1) is 5.69 Å². The maximum Gasteiger partial charge on any atom is 0.0658 e. The summed E-state index contributed by atoms with van der Waals surface area (Å²) < 4.78 is 1.85. The van der Waals surface area contributed by atoms with Crippen molar-refractivity contribution in [3.8, 4) is 0 Å². The number of aryl methyl sites for hydroxylation is 1. The van der Waals surface area contributed by atoms with Crippen LogP contribution in [0.4, 0.5) is 0 Å². The summed E-state index contributed by atoms with van der Waals surface area (Å²) in [6, 6.07) is 2.08. The van der Waals surface area contributed by atoms with Crippen LogP contribution in [0.25, 0.3) is 0 Å². The number of rotatable bonds is 2. The smallest absolute Gasteiger partial charge is 0.0658 e. The Morgan fingerprint density at radius 2 is 2.64 bits per heavy atom. The second-order valence-corrected chi connectivity index (χ2v) is 3.25. The molecule has 0 unspecified atom stereocenters. The quantitative estimate of drug-likeness (QED) is 0.668. The van der Waals surface area contributed by atoms with E-state index < -0.39 is 0 Å². The third-order valence-corrected chi connectivity index (χ3v) is 2.34. The molecular formula is C8H13N3. The first kappa shape index (κ1) is 6.85. The molecule has 1 aromatic rings. The first-order valence-corrected chi connectivity index (χ1v) is 4.01. The molecule has 0 spiro atoms. The summed E-state index contributed by atoms with van der Waals surface area (Å²) in [4.78, 5) is 0. The summed E-state index contributed by atoms with van der Waals surface area (Å²) >= 11 is 0. The molecule has 0 amide bonds. The van der Waals surface area contributed by atoms with Crippen LogP contribution in [0.2, 0.25) is 0 Å². The molecule has 0 bridgehead atoms. The topological polar surface area (TPSA) is 43.8 Å². The van der Waals surface area contributed by atoms with Crippen LogP contribution < -0.4 is 5.73 Å². The van der Waals surface area contributed by atoms with Gasteiger partial charge in [0.2, 0.25) is 0 Å². The van der Waals surface area contributed by atoms with Crippen LogP contribution in [0.5, 0.6) is 0 Å². The van der Waals surface area contributed by atoms with Crippen LogP contribution in [0.3, 0.4) is 0 Å². The van der Waals surface area contributed by atoms with Crippen LogP contribution in [0, 0.1) is 5.92 Å². The molecule has 2 N–H and O–H groups in total. The van der Waals surface area contributed by atoms with E-state index in [1.165, 1.54) is 12.1 Å². The Hall–Kier alpha value is -0.830. The van der Waals surface area contributed by atoms with Crippen molar-refractivity contribution in [3.63, 3.8) is 0 Å². The molecule has 0 aromatic carbocycles. The van der Waals surface area contributed by atoms with Gasteiger partial charge < -0.3 is 5.73 Å². The Labute approximate surface area is 66.2 Å². The van der Waals surface area contributed by atoms with Crippen molar-refractivity contribution in [3.05, 3.63) is 18.0 Å². The van der Waals surface area contributed by atoms with Crippen LogP contribution >= 0.6 is 0 Å². The molecule has 1 aliphatic carbocycles. The third-order valence-electron chi connectivity index (χ3n) is 2.34. The molecule has 0 radical (unpaired) electrons. The Balaban J connectivity index is 2.08. The standard InChI is InChI=1S/C8H13N3/c1-11-3-2-8(10-11)7-4-6(7)5-9/h2-3,6-7H,4-5,9H2,1H3/t6-,7-/m0/s1. The number of nitrogens with zero attached hydrogens (tertiary/aromatic N) is 2. The zero-order valence-electron chi connectivity index (χ0n) is 6.70. The van der Waals surface area contributed by atoms with E-state index in [-0.39, 0.29) is 0 Å². The number of hydrogen-bond donors (Lipinski definition) is 1. The largest absolute Gasteiger partial charge is 0.330 e. The summed E-state index contributed by atoms with van der Waals surface area (Å²) in [5, 5.41) is 4.33. The molecule has 1 saturated carbocycles. The van der Waals surface area contributed by atoms with E-state index in [2.05, 4.69) is 11.2 Å². The van der Waals surface area contributed by atoms with E-state index in [9.17, 15) is 0 Å². The highest BCUT2D eigenvalue weighted by Crippen LogP contribution is 2.45. The molecular weight excluding hydrogens is 138 g/mol. The SMILES string of the molecule is Cn1ccc([C@H]2C[C@H]2CN)n1. The van der Waals surface area contributed by atoms with Gasteiger partial charge in [-0.2, -0.15) is 5.10 Å². The van der Waals surface area contributed by atoms with Gasteiger partial charge in [-0.3, -0.25) is 4.68 Å². The van der Waals surface area contributed by atoms with Gasteiger partial charge in [-0.25, -0.2) is 0 Å². The monoisotopic (exact) mass is 151 g/mol. The molecule has 1 heterocycles. The van der Waals surface area contributed by atoms with Crippen molar-refractivity contribution in [2.75, 3.05) is 6.54 Å². The Morgan fingerprint density at radius 3 is 3.09 bits per heavy atom. The molecule has 1 aromatic heterocycles. The minimum atomic E-state index is 0.654. The second kappa shape index (κ2) is 2.34. The van der Waals surface area contributed by atoms with Gasteiger partial charge in [-0.1, -0.05) is 0 Å². The van der Waals surface area contributed by atoms with E-state index in [1.54, 1.807) is 0 Å². The molecule has 1 aliphatic rings. The number of hydrogen-bond acceptors (Lipinski definition) is 2. The Kier molecular flexibility index (Phi) is 1.46. The first-order chi connectivity index (χ1) is 5.31. The van der Waals surface area contributed by atoms with Gasteiger partial charge in [0.25, 0.3) is 0 Å². The molecule has 2 rings (SSSR count). The van der Waals surface area contributed by atoms with Gasteiger partial charge in [0.15, 0.2) is 0 Å². The van der Waals surface area contributed by atoms with E-state index in [0.717, 1.165) is 6.54 Å². The average Bonchev–Trinajstić information content (AvgIpc) is 2.68. The predicted molar refractivity (Wildman–Crippen MR) is 43.1 cm³/mol. The fraction of sp³-hybridized carbons (Fsp3) is 0.625. The zero-order valence-corrected chi connectivity index (χ0v) is 6.70. The maximum absolute atomic E-state index is 5.53. The van der Waals surface area contributed by atoms with E-state index in [1.807, 2.05) is 17.9 Å². The van der Waals surface area contributed by atoms with Gasteiger partial charge in [-0.05, 0) is 24.9 Å². The van der Waals surface area contributed by atoms with E-state index >= 15 is 0 Å². The van der Waals surface area contributed by atoms with Gasteiger partial charge in [0.1, 0.15) is 0 Å². The number of aromatic nitrogens is 2. The second-order valence-electron chi connectivity index (χ2n) is 3.25. The predicted octanol–water partition coefficient (Wildman–Crippen LogP) is 0.482. The van der Waals surface area contributed by atoms with Crippen LogP contribution in [-0.2, 0) is 7.05 Å². The van der Waals surface area contributed by atoms with Crippen LogP contribution in [0.1, 0.15) is 18.0 Å². The third kappa shape index (κ3) is 1.16. The summed E-state index contributed by atoms with van der Waals surface area (Å²) in [6.07, 6.45) is 3.22. The van der Waals surface area contributed by atoms with Crippen molar-refractivity contribution >= 4 is 0 Å². The molecule has 1 fully saturated rings. The van der Waals surface area contributed by atoms with Crippen molar-refractivity contribution in [1.82, 2.24) is 9.78 Å². The van der Waals surface area contributed by atoms with Gasteiger partial charge in [-0.15, -0.1) is 0 Å². The molecule has 60 valence electrons. The van der Waals surface area contributed by atoms with E-state index in [0.29, 0.717) is 11.8 Å². The highest BCUT2D eigenvalue weighted by Gasteiger charge is 2.38. The lowest BCUT2D eigenvalue weighted by molar-refractivity contribution is 0.725. The first-order valence-electron chi connectivity index (χ1n) is 4.01. The highest BCUT2D eigenvalue weighted by molar-refractivity contribution is 5.16. The summed E-state index contributed by atoms with van der Waals surface area (Å²) in [6.45, 7) is 0.807. The highest BCUT2D eigenvalue weighted by atomic mass is 15.2. The minimum absolute atomic E-state index is 0.654. The molecule has 11 heavy (non-hydrogen) atoms. The van der Waals surface area contributed by atoms with Crippen molar-refractivity contribution in [2.24, 2.45) is 18.7 Å². The summed E-state index contributed by atoms with van der Waals surface area (Å²) in [5.41, 5.74) is 6.74. The zero-order chi connectivity index (χ0) is 7.84. The molecule has 0 saturated heterocycles. The van der Waals surface area contributed by atoms with Crippen molar-refractivity contribution in [2.45, 2.75) is 12.3 Å². The lowest BCUT2D eigenvalue weighted by atomic mass is 10.2. The lowest BCUT2D eigenvalue weighted by Crippen LogP contribution is -2.02. The Bertz CT molecular complexity index is 254. The minimum Gasteiger partial charge on any atom is -0.330 e. The fourth-order valence-corrected chi connectivity index (χ4v) is 1.50. The van der Waals surface area contributed by atoms with Crippen molar-refractivity contribution < 1.29 is 0 Å². The molecule has 3 nitrogen and oxygen atoms in total. The van der Waals surface area contributed by atoms with Crippen LogP contribution in [0.15, 0.2) is 12.3 Å². The number of nitrogens with two attached hydrogens (primary N) is 1. The summed E-state index contributed by atoms with van der Waals surface area (Å²) in [7, 11) is 1.95. The summed E-state index contributed by atoms with van der Waals surface area (Å²) in [5.74, 6) is 1.35. The average molecular weight is 151 g/mol. The molecule has 2 atom stereocenters. The van der Waals surface area contributed by atoms with Crippen molar-refractivity contribution in [1.29, 1.82) is 0 Å².